The summed E-state index contributed by atoms with van der Waals surface area (Å²) in [7, 11) is 0. The molecule has 0 aliphatic heterocycles. The molecule has 2 atom stereocenters. The summed E-state index contributed by atoms with van der Waals surface area (Å²) in [4.78, 5) is 24.6. The fraction of sp³-hybridized carbons (Fsp3) is 0.692. The summed E-state index contributed by atoms with van der Waals surface area (Å²) in [6.07, 6.45) is 11.4. The molecule has 0 bridgehead atoms. The lowest BCUT2D eigenvalue weighted by Gasteiger charge is -2.15. The molecule has 1 rings (SSSR count). The summed E-state index contributed by atoms with van der Waals surface area (Å²) in [5.74, 6) is 0.175. The molecule has 0 N–H and O–H groups in total. The average Bonchev–Trinajstić information content (AvgIpc) is 2.78. The summed E-state index contributed by atoms with van der Waals surface area (Å²) in [5, 5.41) is 0. The second-order valence-corrected chi connectivity index (χ2v) is 8.31. The highest BCUT2D eigenvalue weighted by molar-refractivity contribution is 5.93. The third-order valence-electron chi connectivity index (χ3n) is 5.84. The first-order chi connectivity index (χ1) is 14.5. The van der Waals surface area contributed by atoms with Crippen molar-refractivity contribution in [2.45, 2.75) is 91.9 Å². The molecule has 0 radical (unpaired) electrons. The Balaban J connectivity index is 2.47. The smallest absolute Gasteiger partial charge is 0.338 e. The first-order valence-electron chi connectivity index (χ1n) is 12.0. The summed E-state index contributed by atoms with van der Waals surface area (Å²) >= 11 is 0. The molecule has 170 valence electrons. The van der Waals surface area contributed by atoms with Crippen LogP contribution in [0.5, 0.6) is 0 Å². The van der Waals surface area contributed by atoms with E-state index in [9.17, 15) is 9.59 Å². The van der Waals surface area contributed by atoms with Crippen molar-refractivity contribution in [1.29, 1.82) is 0 Å². The van der Waals surface area contributed by atoms with Crippen LogP contribution in [0.4, 0.5) is 0 Å². The second kappa shape index (κ2) is 15.9. The molecule has 0 aliphatic carbocycles. The maximum atomic E-state index is 12.3. The van der Waals surface area contributed by atoms with Crippen molar-refractivity contribution in [3.05, 3.63) is 35.4 Å². The lowest BCUT2D eigenvalue weighted by atomic mass is 9.99. The third kappa shape index (κ3) is 10.3. The van der Waals surface area contributed by atoms with Gasteiger partial charge in [-0.3, -0.25) is 0 Å². The lowest BCUT2D eigenvalue weighted by molar-refractivity contribution is 0.0414. The van der Waals surface area contributed by atoms with Crippen molar-refractivity contribution in [2.75, 3.05) is 13.2 Å². The van der Waals surface area contributed by atoms with Crippen molar-refractivity contribution >= 4 is 11.9 Å². The minimum atomic E-state index is -0.328. The van der Waals surface area contributed by atoms with E-state index in [1.165, 1.54) is 38.5 Å². The second-order valence-electron chi connectivity index (χ2n) is 8.31. The van der Waals surface area contributed by atoms with Gasteiger partial charge in [-0.15, -0.1) is 0 Å². The normalized spacial score (nSPS) is 12.9. The van der Waals surface area contributed by atoms with E-state index in [0.29, 0.717) is 36.2 Å². The van der Waals surface area contributed by atoms with Crippen LogP contribution >= 0.6 is 0 Å². The highest BCUT2D eigenvalue weighted by Crippen LogP contribution is 2.17. The van der Waals surface area contributed by atoms with Crippen LogP contribution in [0.1, 0.15) is 113 Å². The summed E-state index contributed by atoms with van der Waals surface area (Å²) < 4.78 is 11.0. The summed E-state index contributed by atoms with van der Waals surface area (Å²) in [6.45, 7) is 9.57. The Hall–Kier alpha value is -1.84. The van der Waals surface area contributed by atoms with E-state index in [0.717, 1.165) is 25.7 Å². The number of ether oxygens (including phenoxy) is 2. The molecule has 0 fully saturated rings. The van der Waals surface area contributed by atoms with Crippen LogP contribution in [0, 0.1) is 11.8 Å². The van der Waals surface area contributed by atoms with Gasteiger partial charge in [0, 0.05) is 0 Å². The molecule has 1 aromatic carbocycles. The number of benzene rings is 1. The van der Waals surface area contributed by atoms with Gasteiger partial charge in [-0.25, -0.2) is 9.59 Å². The monoisotopic (exact) mass is 418 g/mol. The zero-order valence-electron chi connectivity index (χ0n) is 19.6. The number of rotatable bonds is 16. The van der Waals surface area contributed by atoms with Crippen molar-refractivity contribution in [3.8, 4) is 0 Å². The van der Waals surface area contributed by atoms with Gasteiger partial charge in [0.15, 0.2) is 0 Å². The molecule has 0 heterocycles. The standard InChI is InChI=1S/C26H42O4/c1-5-9-11-13-21(7-3)19-29-25(27)23-15-17-24(18-16-23)26(28)30-20-22(8-4)14-12-10-6-2/h15-18,21-22H,5-14,19-20H2,1-4H3. The van der Waals surface area contributed by atoms with Crippen LogP contribution in [0.25, 0.3) is 0 Å². The molecule has 1 aromatic rings. The van der Waals surface area contributed by atoms with Gasteiger partial charge >= 0.3 is 11.9 Å². The molecule has 0 spiro atoms. The van der Waals surface area contributed by atoms with E-state index in [4.69, 9.17) is 9.47 Å². The van der Waals surface area contributed by atoms with Crippen molar-refractivity contribution in [1.82, 2.24) is 0 Å². The number of esters is 2. The molecule has 0 aromatic heterocycles. The zero-order valence-corrected chi connectivity index (χ0v) is 19.6. The molecule has 30 heavy (non-hydrogen) atoms. The van der Waals surface area contributed by atoms with Gasteiger partial charge < -0.3 is 9.47 Å². The fourth-order valence-corrected chi connectivity index (χ4v) is 3.47. The van der Waals surface area contributed by atoms with Gasteiger partial charge in [-0.1, -0.05) is 79.1 Å². The molecule has 0 aliphatic rings. The number of unbranched alkanes of at least 4 members (excludes halogenated alkanes) is 4. The Morgan fingerprint density at radius 3 is 1.33 bits per heavy atom. The first-order valence-corrected chi connectivity index (χ1v) is 12.0. The Morgan fingerprint density at radius 2 is 1.03 bits per heavy atom. The third-order valence-corrected chi connectivity index (χ3v) is 5.84. The van der Waals surface area contributed by atoms with E-state index >= 15 is 0 Å². The SMILES string of the molecule is CCCCCC(CC)COC(=O)c1ccc(C(=O)OCC(CC)CCCCC)cc1. The summed E-state index contributed by atoms with van der Waals surface area (Å²) in [5.41, 5.74) is 0.946. The zero-order chi connectivity index (χ0) is 22.2. The molecule has 0 saturated carbocycles. The lowest BCUT2D eigenvalue weighted by Crippen LogP contribution is -2.15. The Morgan fingerprint density at radius 1 is 0.667 bits per heavy atom. The van der Waals surface area contributed by atoms with Crippen molar-refractivity contribution < 1.29 is 19.1 Å². The largest absolute Gasteiger partial charge is 0.462 e. The average molecular weight is 419 g/mol. The van der Waals surface area contributed by atoms with Crippen molar-refractivity contribution in [2.24, 2.45) is 11.8 Å². The van der Waals surface area contributed by atoms with Gasteiger partial charge in [-0.2, -0.15) is 0 Å². The Labute approximate surface area is 183 Å². The number of carbonyl (C=O) groups excluding carboxylic acids is 2. The van der Waals surface area contributed by atoms with E-state index < -0.39 is 0 Å². The van der Waals surface area contributed by atoms with Gasteiger partial charge in [0.1, 0.15) is 0 Å². The molecule has 0 amide bonds. The van der Waals surface area contributed by atoms with Crippen LogP contribution in [0.2, 0.25) is 0 Å². The topological polar surface area (TPSA) is 52.6 Å². The highest BCUT2D eigenvalue weighted by atomic mass is 16.5. The van der Waals surface area contributed by atoms with E-state index in [1.807, 2.05) is 0 Å². The minimum absolute atomic E-state index is 0.328. The quantitative estimate of drug-likeness (QED) is 0.210. The van der Waals surface area contributed by atoms with Crippen LogP contribution < -0.4 is 0 Å². The maximum Gasteiger partial charge on any atom is 0.338 e. The van der Waals surface area contributed by atoms with E-state index in [2.05, 4.69) is 27.7 Å². The Kier molecular flexibility index (Phi) is 13.9. The highest BCUT2D eigenvalue weighted by Gasteiger charge is 2.15. The van der Waals surface area contributed by atoms with Crippen LogP contribution in [-0.4, -0.2) is 25.2 Å². The fourth-order valence-electron chi connectivity index (χ4n) is 3.47. The molecule has 4 nitrogen and oxygen atoms in total. The molecule has 0 saturated heterocycles. The summed E-state index contributed by atoms with van der Waals surface area (Å²) in [6, 6.07) is 6.59. The van der Waals surface area contributed by atoms with Gasteiger partial charge in [-0.05, 0) is 48.9 Å². The number of hydrogen-bond acceptors (Lipinski definition) is 4. The minimum Gasteiger partial charge on any atom is -0.462 e. The van der Waals surface area contributed by atoms with Crippen LogP contribution in [0.15, 0.2) is 24.3 Å². The number of hydrogen-bond donors (Lipinski definition) is 0. The van der Waals surface area contributed by atoms with Gasteiger partial charge in [0.25, 0.3) is 0 Å². The van der Waals surface area contributed by atoms with E-state index in [1.54, 1.807) is 24.3 Å². The van der Waals surface area contributed by atoms with Crippen molar-refractivity contribution in [3.63, 3.8) is 0 Å². The van der Waals surface area contributed by atoms with E-state index in [-0.39, 0.29) is 11.9 Å². The predicted octanol–water partition coefficient (Wildman–Crippen LogP) is 7.21. The molecule has 4 heteroatoms. The molecular weight excluding hydrogens is 376 g/mol. The van der Waals surface area contributed by atoms with Gasteiger partial charge in [0.2, 0.25) is 0 Å². The van der Waals surface area contributed by atoms with Crippen LogP contribution in [-0.2, 0) is 9.47 Å². The van der Waals surface area contributed by atoms with Gasteiger partial charge in [0.05, 0.1) is 24.3 Å². The first kappa shape index (κ1) is 26.2. The Bertz CT molecular complexity index is 541. The molecular formula is C26H42O4. The number of carbonyl (C=O) groups is 2. The maximum absolute atomic E-state index is 12.3. The predicted molar refractivity (Wildman–Crippen MR) is 123 cm³/mol. The van der Waals surface area contributed by atoms with Crippen LogP contribution in [0.3, 0.4) is 0 Å². The molecule has 2 unspecified atom stereocenters.